The molecule has 0 radical (unpaired) electrons. The van der Waals surface area contributed by atoms with Gasteiger partial charge in [-0.25, -0.2) is 0 Å². The molecule has 1 atom stereocenters. The highest BCUT2D eigenvalue weighted by atomic mass is 16.5. The van der Waals surface area contributed by atoms with Crippen molar-refractivity contribution in [2.45, 2.75) is 38.6 Å². The van der Waals surface area contributed by atoms with Crippen molar-refractivity contribution in [3.63, 3.8) is 0 Å². The maximum absolute atomic E-state index is 12.8. The molecule has 0 aliphatic carbocycles. The lowest BCUT2D eigenvalue weighted by Crippen LogP contribution is -2.45. The van der Waals surface area contributed by atoms with E-state index in [0.29, 0.717) is 39.1 Å². The van der Waals surface area contributed by atoms with Crippen LogP contribution in [0.3, 0.4) is 0 Å². The highest BCUT2D eigenvalue weighted by molar-refractivity contribution is 5.79. The molecule has 27 heavy (non-hydrogen) atoms. The van der Waals surface area contributed by atoms with Gasteiger partial charge in [-0.15, -0.1) is 0 Å². The minimum Gasteiger partial charge on any atom is -0.497 e. The molecule has 1 amide bonds. The summed E-state index contributed by atoms with van der Waals surface area (Å²) in [5.74, 6) is 0.832. The number of methoxy groups -OCH3 is 1. The Hall–Kier alpha value is -2.08. The molecular formula is C21H30N2O4. The van der Waals surface area contributed by atoms with Crippen molar-refractivity contribution in [2.75, 3.05) is 39.9 Å². The number of carbonyl (C=O) groups is 2. The maximum atomic E-state index is 12.8. The second kappa shape index (κ2) is 9.22. The Morgan fingerprint density at radius 1 is 1.07 bits per heavy atom. The smallest absolute Gasteiger partial charge is 0.309 e. The number of likely N-dealkylation sites (tertiary alicyclic amines) is 2. The van der Waals surface area contributed by atoms with Gasteiger partial charge in [0.2, 0.25) is 5.91 Å². The van der Waals surface area contributed by atoms with Gasteiger partial charge in [0.05, 0.1) is 26.2 Å². The summed E-state index contributed by atoms with van der Waals surface area (Å²) < 4.78 is 10.3. The van der Waals surface area contributed by atoms with E-state index in [1.165, 1.54) is 5.56 Å². The minimum atomic E-state index is -0.122. The van der Waals surface area contributed by atoms with E-state index in [2.05, 4.69) is 17.0 Å². The van der Waals surface area contributed by atoms with Gasteiger partial charge >= 0.3 is 5.97 Å². The number of piperidine rings is 1. The normalized spacial score (nSPS) is 21.3. The molecule has 6 nitrogen and oxygen atoms in total. The van der Waals surface area contributed by atoms with Crippen molar-refractivity contribution in [3.05, 3.63) is 29.8 Å². The van der Waals surface area contributed by atoms with Gasteiger partial charge in [0.15, 0.2) is 0 Å². The number of hydrogen-bond donors (Lipinski definition) is 0. The van der Waals surface area contributed by atoms with E-state index in [-0.39, 0.29) is 23.8 Å². The van der Waals surface area contributed by atoms with Crippen LogP contribution in [0.5, 0.6) is 5.75 Å². The number of esters is 1. The molecule has 2 aliphatic heterocycles. The van der Waals surface area contributed by atoms with E-state index >= 15 is 0 Å². The van der Waals surface area contributed by atoms with Crippen LogP contribution in [-0.2, 0) is 14.3 Å². The van der Waals surface area contributed by atoms with E-state index in [1.807, 2.05) is 24.0 Å². The quantitative estimate of drug-likeness (QED) is 0.717. The second-order valence-electron chi connectivity index (χ2n) is 7.31. The monoisotopic (exact) mass is 374 g/mol. The Balaban J connectivity index is 1.53. The number of amides is 1. The van der Waals surface area contributed by atoms with E-state index in [0.717, 1.165) is 25.1 Å². The molecule has 2 heterocycles. The van der Waals surface area contributed by atoms with Crippen molar-refractivity contribution < 1.29 is 19.1 Å². The first-order valence-corrected chi connectivity index (χ1v) is 9.94. The van der Waals surface area contributed by atoms with Crippen molar-refractivity contribution in [2.24, 2.45) is 5.92 Å². The van der Waals surface area contributed by atoms with Crippen molar-refractivity contribution in [1.29, 1.82) is 0 Å². The summed E-state index contributed by atoms with van der Waals surface area (Å²) in [6.07, 6.45) is 3.58. The SMILES string of the molecule is CCOC(=O)C1CCN(C(=O)CN2CCC[C@@H]2c2ccc(OC)cc2)CC1. The van der Waals surface area contributed by atoms with Crippen LogP contribution in [-0.4, -0.2) is 61.6 Å². The Kier molecular flexibility index (Phi) is 6.72. The van der Waals surface area contributed by atoms with Crippen LogP contribution in [0.4, 0.5) is 0 Å². The molecule has 2 saturated heterocycles. The number of ether oxygens (including phenoxy) is 2. The molecule has 2 aliphatic rings. The summed E-state index contributed by atoms with van der Waals surface area (Å²) in [6.45, 7) is 4.92. The van der Waals surface area contributed by atoms with Gasteiger partial charge in [-0.1, -0.05) is 12.1 Å². The summed E-state index contributed by atoms with van der Waals surface area (Å²) in [4.78, 5) is 28.8. The highest BCUT2D eigenvalue weighted by Crippen LogP contribution is 2.32. The molecule has 3 rings (SSSR count). The van der Waals surface area contributed by atoms with Gasteiger partial charge in [0, 0.05) is 19.1 Å². The Bertz CT molecular complexity index is 638. The lowest BCUT2D eigenvalue weighted by Gasteiger charge is -2.33. The van der Waals surface area contributed by atoms with E-state index in [4.69, 9.17) is 9.47 Å². The fourth-order valence-corrected chi connectivity index (χ4v) is 4.12. The zero-order valence-electron chi connectivity index (χ0n) is 16.4. The van der Waals surface area contributed by atoms with Crippen LogP contribution in [0.25, 0.3) is 0 Å². The van der Waals surface area contributed by atoms with Crippen LogP contribution in [0, 0.1) is 5.92 Å². The fraction of sp³-hybridized carbons (Fsp3) is 0.619. The van der Waals surface area contributed by atoms with Gasteiger partial charge in [-0.3, -0.25) is 14.5 Å². The topological polar surface area (TPSA) is 59.1 Å². The summed E-state index contributed by atoms with van der Waals surface area (Å²) in [5.41, 5.74) is 1.24. The molecule has 2 fully saturated rings. The zero-order valence-corrected chi connectivity index (χ0v) is 16.4. The third-order valence-corrected chi connectivity index (χ3v) is 5.67. The number of rotatable bonds is 6. The molecule has 148 valence electrons. The summed E-state index contributed by atoms with van der Waals surface area (Å²) in [5, 5.41) is 0. The predicted molar refractivity (Wildman–Crippen MR) is 102 cm³/mol. The molecule has 0 saturated carbocycles. The molecular weight excluding hydrogens is 344 g/mol. The molecule has 0 spiro atoms. The lowest BCUT2D eigenvalue weighted by atomic mass is 9.97. The summed E-state index contributed by atoms with van der Waals surface area (Å²) in [7, 11) is 1.67. The van der Waals surface area contributed by atoms with E-state index in [9.17, 15) is 9.59 Å². The van der Waals surface area contributed by atoms with E-state index < -0.39 is 0 Å². The van der Waals surface area contributed by atoms with Gasteiger partial charge in [-0.2, -0.15) is 0 Å². The molecule has 0 unspecified atom stereocenters. The third kappa shape index (κ3) is 4.80. The second-order valence-corrected chi connectivity index (χ2v) is 7.31. The van der Waals surface area contributed by atoms with Crippen LogP contribution >= 0.6 is 0 Å². The van der Waals surface area contributed by atoms with Crippen LogP contribution in [0.15, 0.2) is 24.3 Å². The van der Waals surface area contributed by atoms with Crippen LogP contribution in [0.1, 0.15) is 44.2 Å². The first kappa shape index (κ1) is 19.7. The molecule has 0 bridgehead atoms. The minimum absolute atomic E-state index is 0.0622. The number of nitrogens with zero attached hydrogens (tertiary/aromatic N) is 2. The fourth-order valence-electron chi connectivity index (χ4n) is 4.12. The van der Waals surface area contributed by atoms with Gasteiger partial charge in [0.25, 0.3) is 0 Å². The average Bonchev–Trinajstić information content (AvgIpc) is 3.16. The predicted octanol–water partition coefficient (Wildman–Crippen LogP) is 2.63. The standard InChI is InChI=1S/C21H30N2O4/c1-3-27-21(25)17-10-13-22(14-11-17)20(24)15-23-12-4-5-19(23)16-6-8-18(26-2)9-7-16/h6-9,17,19H,3-5,10-15H2,1-2H3/t19-/m1/s1. The number of carbonyl (C=O) groups excluding carboxylic acids is 2. The molecule has 1 aromatic rings. The average molecular weight is 374 g/mol. The Morgan fingerprint density at radius 2 is 1.78 bits per heavy atom. The van der Waals surface area contributed by atoms with E-state index in [1.54, 1.807) is 7.11 Å². The molecule has 0 N–H and O–H groups in total. The highest BCUT2D eigenvalue weighted by Gasteiger charge is 2.32. The van der Waals surface area contributed by atoms with Crippen molar-refractivity contribution in [3.8, 4) is 5.75 Å². The third-order valence-electron chi connectivity index (χ3n) is 5.67. The largest absolute Gasteiger partial charge is 0.497 e. The Labute approximate surface area is 161 Å². The van der Waals surface area contributed by atoms with Gasteiger partial charge in [-0.05, 0) is 56.8 Å². The molecule has 0 aromatic heterocycles. The molecule has 6 heteroatoms. The van der Waals surface area contributed by atoms with Gasteiger partial charge in [0.1, 0.15) is 5.75 Å². The van der Waals surface area contributed by atoms with Crippen LogP contribution < -0.4 is 4.74 Å². The number of benzene rings is 1. The lowest BCUT2D eigenvalue weighted by molar-refractivity contribution is -0.151. The first-order valence-electron chi connectivity index (χ1n) is 9.94. The number of hydrogen-bond acceptors (Lipinski definition) is 5. The summed E-state index contributed by atoms with van der Waals surface area (Å²) in [6, 6.07) is 8.44. The Morgan fingerprint density at radius 3 is 2.41 bits per heavy atom. The van der Waals surface area contributed by atoms with Crippen molar-refractivity contribution in [1.82, 2.24) is 9.80 Å². The molecule has 1 aromatic carbocycles. The first-order chi connectivity index (χ1) is 13.1. The maximum Gasteiger partial charge on any atom is 0.309 e. The van der Waals surface area contributed by atoms with Gasteiger partial charge < -0.3 is 14.4 Å². The zero-order chi connectivity index (χ0) is 19.2. The van der Waals surface area contributed by atoms with Crippen LogP contribution in [0.2, 0.25) is 0 Å². The summed E-state index contributed by atoms with van der Waals surface area (Å²) >= 11 is 0. The van der Waals surface area contributed by atoms with Crippen molar-refractivity contribution >= 4 is 11.9 Å².